The summed E-state index contributed by atoms with van der Waals surface area (Å²) in [7, 11) is 0. The number of rotatable bonds is 0. The summed E-state index contributed by atoms with van der Waals surface area (Å²) in [5.41, 5.74) is 1.08. The van der Waals surface area contributed by atoms with Gasteiger partial charge in [0.05, 0.1) is 6.20 Å². The number of nitrogens with zero attached hydrogens (tertiary/aromatic N) is 1. The maximum Gasteiger partial charge on any atom is 0.158 e. The molecule has 0 spiro atoms. The minimum absolute atomic E-state index is 0.824. The third kappa shape index (κ3) is 0.778. The lowest BCUT2D eigenvalue weighted by molar-refractivity contribution is 0.427. The quantitative estimate of drug-likeness (QED) is 0.535. The normalized spacial score (nSPS) is 14.0. The lowest BCUT2D eigenvalue weighted by Gasteiger charge is -2.08. The molecule has 1 aromatic heterocycles. The fourth-order valence-electron chi connectivity index (χ4n) is 0.882. The van der Waals surface area contributed by atoms with Gasteiger partial charge in [-0.3, -0.25) is 4.98 Å². The molecule has 0 unspecified atom stereocenters. The second-order valence-electron chi connectivity index (χ2n) is 2.03. The molecule has 0 amide bonds. The van der Waals surface area contributed by atoms with Crippen LogP contribution in [0.2, 0.25) is 0 Å². The largest absolute Gasteiger partial charge is 0.480 e. The molecule has 0 saturated carbocycles. The summed E-state index contributed by atoms with van der Waals surface area (Å²) in [5.74, 6) is 0.824. The van der Waals surface area contributed by atoms with E-state index >= 15 is 0 Å². The highest BCUT2D eigenvalue weighted by Gasteiger charge is 2.02. The van der Waals surface area contributed by atoms with E-state index < -0.39 is 0 Å². The highest BCUT2D eigenvalue weighted by Crippen LogP contribution is 2.22. The molecule has 2 nitrogen and oxygen atoms in total. The predicted molar refractivity (Wildman–Crippen MR) is 38.2 cm³/mol. The van der Waals surface area contributed by atoms with Crippen LogP contribution >= 0.6 is 0 Å². The number of hydrogen-bond donors (Lipinski definition) is 0. The molecule has 0 bridgehead atoms. The molecule has 0 N–H and O–H groups in total. The van der Waals surface area contributed by atoms with E-state index in [1.807, 2.05) is 18.2 Å². The molecule has 10 heavy (non-hydrogen) atoms. The number of hydrogen-bond acceptors (Lipinski definition) is 2. The van der Waals surface area contributed by atoms with Gasteiger partial charge in [-0.05, 0) is 12.1 Å². The molecule has 49 valence electrons. The standard InChI is InChI=1S/C8H6NO/c1-2-7-3-4-9-6-8(7)10-5-1/h1-6H. The number of fused-ring (bicyclic) bond motifs is 1. The van der Waals surface area contributed by atoms with Gasteiger partial charge in [-0.2, -0.15) is 0 Å². The first-order valence-corrected chi connectivity index (χ1v) is 3.07. The Kier molecular flexibility index (Phi) is 1.17. The SMILES string of the molecule is [CH]1C=Cc2ccncc2O1. The van der Waals surface area contributed by atoms with E-state index in [1.54, 1.807) is 19.0 Å². The van der Waals surface area contributed by atoms with Crippen molar-refractivity contribution in [3.63, 3.8) is 0 Å². The molecule has 0 saturated heterocycles. The molecule has 2 heteroatoms. The van der Waals surface area contributed by atoms with Crippen molar-refractivity contribution in [2.45, 2.75) is 0 Å². The second kappa shape index (κ2) is 2.14. The molecule has 1 aliphatic rings. The van der Waals surface area contributed by atoms with Crippen LogP contribution in [-0.2, 0) is 0 Å². The Hall–Kier alpha value is -1.31. The first kappa shape index (κ1) is 5.47. The van der Waals surface area contributed by atoms with Crippen molar-refractivity contribution < 1.29 is 4.74 Å². The van der Waals surface area contributed by atoms with Crippen LogP contribution in [0.3, 0.4) is 0 Å². The predicted octanol–water partition coefficient (Wildman–Crippen LogP) is 1.65. The van der Waals surface area contributed by atoms with Gasteiger partial charge in [0.25, 0.3) is 0 Å². The van der Waals surface area contributed by atoms with Crippen molar-refractivity contribution in [1.29, 1.82) is 0 Å². The molecule has 0 aliphatic carbocycles. The molecule has 2 rings (SSSR count). The molecule has 1 radical (unpaired) electrons. The average Bonchev–Trinajstić information content (AvgIpc) is 2.05. The topological polar surface area (TPSA) is 22.1 Å². The van der Waals surface area contributed by atoms with E-state index in [0.717, 1.165) is 11.3 Å². The minimum atomic E-state index is 0.824. The number of pyridine rings is 1. The van der Waals surface area contributed by atoms with Crippen LogP contribution in [0.5, 0.6) is 5.75 Å². The zero-order valence-electron chi connectivity index (χ0n) is 5.32. The lowest BCUT2D eigenvalue weighted by Crippen LogP contribution is -1.94. The Morgan fingerprint density at radius 1 is 1.40 bits per heavy atom. The monoisotopic (exact) mass is 132 g/mol. The van der Waals surface area contributed by atoms with Gasteiger partial charge >= 0.3 is 0 Å². The van der Waals surface area contributed by atoms with E-state index in [0.29, 0.717) is 0 Å². The second-order valence-corrected chi connectivity index (χ2v) is 2.03. The van der Waals surface area contributed by atoms with Crippen molar-refractivity contribution >= 4 is 6.08 Å². The summed E-state index contributed by atoms with van der Waals surface area (Å²) < 4.78 is 5.15. The highest BCUT2D eigenvalue weighted by atomic mass is 16.5. The molecule has 1 aromatic rings. The smallest absolute Gasteiger partial charge is 0.158 e. The van der Waals surface area contributed by atoms with Gasteiger partial charge in [0.1, 0.15) is 5.75 Å². The fourth-order valence-corrected chi connectivity index (χ4v) is 0.882. The van der Waals surface area contributed by atoms with Gasteiger partial charge in [-0.15, -0.1) is 0 Å². The maximum atomic E-state index is 5.15. The molecular formula is C8H6NO. The van der Waals surface area contributed by atoms with Crippen LogP contribution < -0.4 is 4.74 Å². The van der Waals surface area contributed by atoms with Crippen LogP contribution in [0, 0.1) is 6.61 Å². The van der Waals surface area contributed by atoms with Crippen molar-refractivity contribution in [3.05, 3.63) is 36.7 Å². The van der Waals surface area contributed by atoms with Crippen LogP contribution in [-0.4, -0.2) is 4.98 Å². The third-order valence-corrected chi connectivity index (χ3v) is 1.37. The summed E-state index contributed by atoms with van der Waals surface area (Å²) in [6, 6.07) is 1.92. The summed E-state index contributed by atoms with van der Waals surface area (Å²) >= 11 is 0. The third-order valence-electron chi connectivity index (χ3n) is 1.37. The highest BCUT2D eigenvalue weighted by molar-refractivity contribution is 5.59. The lowest BCUT2D eigenvalue weighted by atomic mass is 10.2. The van der Waals surface area contributed by atoms with Crippen LogP contribution in [0.25, 0.3) is 6.08 Å². The van der Waals surface area contributed by atoms with Gasteiger partial charge < -0.3 is 4.74 Å². The Morgan fingerprint density at radius 2 is 2.40 bits per heavy atom. The Labute approximate surface area is 59.2 Å². The van der Waals surface area contributed by atoms with E-state index in [-0.39, 0.29) is 0 Å². The van der Waals surface area contributed by atoms with Gasteiger partial charge in [0.2, 0.25) is 0 Å². The zero-order chi connectivity index (χ0) is 6.81. The Bertz CT molecular complexity index is 268. The summed E-state index contributed by atoms with van der Waals surface area (Å²) in [6.45, 7) is 1.64. The van der Waals surface area contributed by atoms with Crippen molar-refractivity contribution in [2.75, 3.05) is 0 Å². The van der Waals surface area contributed by atoms with Crippen LogP contribution in [0.15, 0.2) is 24.5 Å². The van der Waals surface area contributed by atoms with E-state index in [4.69, 9.17) is 4.74 Å². The zero-order valence-corrected chi connectivity index (χ0v) is 5.32. The molecule has 0 fully saturated rings. The Morgan fingerprint density at radius 3 is 3.30 bits per heavy atom. The van der Waals surface area contributed by atoms with Gasteiger partial charge in [-0.1, -0.05) is 6.08 Å². The van der Waals surface area contributed by atoms with Gasteiger partial charge in [0, 0.05) is 11.8 Å². The molecular weight excluding hydrogens is 126 g/mol. The first-order valence-electron chi connectivity index (χ1n) is 3.07. The van der Waals surface area contributed by atoms with Gasteiger partial charge in [0.15, 0.2) is 6.61 Å². The molecule has 0 aromatic carbocycles. The van der Waals surface area contributed by atoms with Crippen molar-refractivity contribution in [3.8, 4) is 5.75 Å². The van der Waals surface area contributed by atoms with Gasteiger partial charge in [-0.25, -0.2) is 0 Å². The maximum absolute atomic E-state index is 5.15. The molecule has 1 aliphatic heterocycles. The fraction of sp³-hybridized carbons (Fsp3) is 0. The summed E-state index contributed by atoms with van der Waals surface area (Å²) in [4.78, 5) is 3.92. The van der Waals surface area contributed by atoms with Crippen LogP contribution in [0.1, 0.15) is 5.56 Å². The Balaban J connectivity index is 2.54. The summed E-state index contributed by atoms with van der Waals surface area (Å²) in [6.07, 6.45) is 7.30. The van der Waals surface area contributed by atoms with E-state index in [1.165, 1.54) is 0 Å². The van der Waals surface area contributed by atoms with Crippen molar-refractivity contribution in [1.82, 2.24) is 4.98 Å². The van der Waals surface area contributed by atoms with Crippen LogP contribution in [0.4, 0.5) is 0 Å². The van der Waals surface area contributed by atoms with E-state index in [2.05, 4.69) is 4.98 Å². The molecule has 2 heterocycles. The minimum Gasteiger partial charge on any atom is -0.480 e. The first-order chi connectivity index (χ1) is 4.97. The molecule has 0 atom stereocenters. The van der Waals surface area contributed by atoms with Crippen molar-refractivity contribution in [2.24, 2.45) is 0 Å². The number of aromatic nitrogens is 1. The summed E-state index contributed by atoms with van der Waals surface area (Å²) in [5, 5.41) is 0. The average molecular weight is 132 g/mol. The van der Waals surface area contributed by atoms with E-state index in [9.17, 15) is 0 Å². The number of ether oxygens (including phenoxy) is 1.